The first-order valence-electron chi connectivity index (χ1n) is 7.31. The highest BCUT2D eigenvalue weighted by molar-refractivity contribution is 7.99. The second-order valence-electron chi connectivity index (χ2n) is 5.03. The molecule has 0 aliphatic heterocycles. The van der Waals surface area contributed by atoms with Gasteiger partial charge in [0.1, 0.15) is 6.73 Å². The standard InChI is InChI=1S/C19H18N2OS/c1-15(16-9-5-3-6-10-16)18-13-20-19(21(18)14-22-2)23-17-11-7-4-8-12-17/h3-13H,1,14H2,2H3. The molecule has 23 heavy (non-hydrogen) atoms. The van der Waals surface area contributed by atoms with Crippen LogP contribution in [-0.2, 0) is 11.5 Å². The molecule has 0 saturated heterocycles. The van der Waals surface area contributed by atoms with Crippen LogP contribution in [0.1, 0.15) is 11.3 Å². The van der Waals surface area contributed by atoms with E-state index in [0.29, 0.717) is 6.73 Å². The maximum absolute atomic E-state index is 5.36. The summed E-state index contributed by atoms with van der Waals surface area (Å²) in [5.74, 6) is 0. The second kappa shape index (κ2) is 7.31. The minimum absolute atomic E-state index is 0.441. The summed E-state index contributed by atoms with van der Waals surface area (Å²) in [7, 11) is 1.69. The number of hydrogen-bond donors (Lipinski definition) is 0. The third-order valence-electron chi connectivity index (χ3n) is 3.46. The normalized spacial score (nSPS) is 10.7. The molecule has 3 aromatic rings. The van der Waals surface area contributed by atoms with Gasteiger partial charge in [0.05, 0.1) is 11.9 Å². The lowest BCUT2D eigenvalue weighted by atomic mass is 10.1. The SMILES string of the molecule is C=C(c1ccccc1)c1cnc(Sc2ccccc2)n1COC. The van der Waals surface area contributed by atoms with Crippen molar-refractivity contribution in [3.05, 3.63) is 84.7 Å². The molecule has 116 valence electrons. The van der Waals surface area contributed by atoms with E-state index < -0.39 is 0 Å². The van der Waals surface area contributed by atoms with Gasteiger partial charge >= 0.3 is 0 Å². The first-order valence-corrected chi connectivity index (χ1v) is 8.13. The summed E-state index contributed by atoms with van der Waals surface area (Å²) in [5, 5.41) is 0.894. The summed E-state index contributed by atoms with van der Waals surface area (Å²) in [4.78, 5) is 5.71. The molecule has 0 amide bonds. The Labute approximate surface area is 140 Å². The minimum Gasteiger partial charge on any atom is -0.364 e. The van der Waals surface area contributed by atoms with Crippen LogP contribution >= 0.6 is 11.8 Å². The van der Waals surface area contributed by atoms with Gasteiger partial charge in [0, 0.05) is 12.0 Å². The molecule has 4 heteroatoms. The van der Waals surface area contributed by atoms with Gasteiger partial charge in [-0.15, -0.1) is 0 Å². The van der Waals surface area contributed by atoms with E-state index in [2.05, 4.69) is 35.8 Å². The summed E-state index contributed by atoms with van der Waals surface area (Å²) in [6, 6.07) is 20.3. The predicted octanol–water partition coefficient (Wildman–Crippen LogP) is 4.70. The minimum atomic E-state index is 0.441. The average Bonchev–Trinajstić information content (AvgIpc) is 2.99. The Morgan fingerprint density at radius 1 is 1.09 bits per heavy atom. The van der Waals surface area contributed by atoms with Crippen LogP contribution in [0.5, 0.6) is 0 Å². The van der Waals surface area contributed by atoms with E-state index in [0.717, 1.165) is 26.9 Å². The van der Waals surface area contributed by atoms with Crippen LogP contribution < -0.4 is 0 Å². The Kier molecular flexibility index (Phi) is 4.95. The smallest absolute Gasteiger partial charge is 0.175 e. The fourth-order valence-electron chi connectivity index (χ4n) is 2.32. The number of ether oxygens (including phenoxy) is 1. The molecular formula is C19H18N2OS. The number of aromatic nitrogens is 2. The van der Waals surface area contributed by atoms with Crippen molar-refractivity contribution in [3.8, 4) is 0 Å². The highest BCUT2D eigenvalue weighted by atomic mass is 32.2. The first kappa shape index (κ1) is 15.6. The van der Waals surface area contributed by atoms with Crippen molar-refractivity contribution >= 4 is 17.3 Å². The molecule has 0 saturated carbocycles. The Balaban J connectivity index is 1.94. The first-order chi connectivity index (χ1) is 11.3. The summed E-state index contributed by atoms with van der Waals surface area (Å²) in [6.07, 6.45) is 1.86. The Morgan fingerprint density at radius 2 is 1.74 bits per heavy atom. The van der Waals surface area contributed by atoms with Crippen molar-refractivity contribution in [3.63, 3.8) is 0 Å². The molecule has 3 nitrogen and oxygen atoms in total. The van der Waals surface area contributed by atoms with Gasteiger partial charge in [-0.3, -0.25) is 4.57 Å². The molecule has 1 heterocycles. The maximum Gasteiger partial charge on any atom is 0.175 e. The molecular weight excluding hydrogens is 304 g/mol. The van der Waals surface area contributed by atoms with Gasteiger partial charge in [-0.1, -0.05) is 66.9 Å². The lowest BCUT2D eigenvalue weighted by Gasteiger charge is -2.12. The monoisotopic (exact) mass is 322 g/mol. The Hall–Kier alpha value is -2.30. The van der Waals surface area contributed by atoms with E-state index in [-0.39, 0.29) is 0 Å². The molecule has 0 aliphatic rings. The van der Waals surface area contributed by atoms with E-state index in [1.165, 1.54) is 0 Å². The number of imidazole rings is 1. The zero-order valence-electron chi connectivity index (χ0n) is 13.0. The summed E-state index contributed by atoms with van der Waals surface area (Å²) in [6.45, 7) is 4.67. The van der Waals surface area contributed by atoms with Gasteiger partial charge in [0.25, 0.3) is 0 Å². The molecule has 0 radical (unpaired) electrons. The molecule has 0 fully saturated rings. The largest absolute Gasteiger partial charge is 0.364 e. The van der Waals surface area contributed by atoms with Crippen LogP contribution in [0.3, 0.4) is 0 Å². The molecule has 0 atom stereocenters. The number of nitrogens with zero attached hydrogens (tertiary/aromatic N) is 2. The van der Waals surface area contributed by atoms with E-state index in [4.69, 9.17) is 4.74 Å². The van der Waals surface area contributed by atoms with Crippen molar-refractivity contribution in [2.45, 2.75) is 16.8 Å². The molecule has 0 aliphatic carbocycles. The number of hydrogen-bond acceptors (Lipinski definition) is 3. The van der Waals surface area contributed by atoms with Gasteiger partial charge in [0.15, 0.2) is 5.16 Å². The van der Waals surface area contributed by atoms with E-state index in [1.54, 1.807) is 18.9 Å². The molecule has 0 unspecified atom stereocenters. The van der Waals surface area contributed by atoms with E-state index in [9.17, 15) is 0 Å². The third kappa shape index (κ3) is 3.55. The zero-order chi connectivity index (χ0) is 16.1. The van der Waals surface area contributed by atoms with E-state index >= 15 is 0 Å². The predicted molar refractivity (Wildman–Crippen MR) is 94.4 cm³/mol. The van der Waals surface area contributed by atoms with Crippen LogP contribution in [0.4, 0.5) is 0 Å². The molecule has 0 bridgehead atoms. The summed E-state index contributed by atoms with van der Waals surface area (Å²) >= 11 is 1.62. The summed E-state index contributed by atoms with van der Waals surface area (Å²) in [5.41, 5.74) is 2.99. The highest BCUT2D eigenvalue weighted by Crippen LogP contribution is 2.30. The number of methoxy groups -OCH3 is 1. The van der Waals surface area contributed by atoms with Gasteiger partial charge < -0.3 is 4.74 Å². The zero-order valence-corrected chi connectivity index (χ0v) is 13.8. The molecule has 2 aromatic carbocycles. The number of rotatable bonds is 6. The Bertz CT molecular complexity index is 782. The fourth-order valence-corrected chi connectivity index (χ4v) is 3.19. The highest BCUT2D eigenvalue weighted by Gasteiger charge is 2.14. The Morgan fingerprint density at radius 3 is 2.39 bits per heavy atom. The van der Waals surface area contributed by atoms with Gasteiger partial charge in [-0.05, 0) is 23.3 Å². The summed E-state index contributed by atoms with van der Waals surface area (Å²) < 4.78 is 7.41. The second-order valence-corrected chi connectivity index (χ2v) is 6.07. The quantitative estimate of drug-likeness (QED) is 0.658. The molecule has 0 N–H and O–H groups in total. The topological polar surface area (TPSA) is 27.1 Å². The van der Waals surface area contributed by atoms with Crippen molar-refractivity contribution in [1.29, 1.82) is 0 Å². The maximum atomic E-state index is 5.36. The van der Waals surface area contributed by atoms with Crippen molar-refractivity contribution in [2.24, 2.45) is 0 Å². The van der Waals surface area contributed by atoms with Gasteiger partial charge in [0.2, 0.25) is 0 Å². The molecule has 3 rings (SSSR count). The average molecular weight is 322 g/mol. The van der Waals surface area contributed by atoms with E-state index in [1.807, 2.05) is 47.2 Å². The lowest BCUT2D eigenvalue weighted by molar-refractivity contribution is 0.123. The third-order valence-corrected chi connectivity index (χ3v) is 4.48. The lowest BCUT2D eigenvalue weighted by Crippen LogP contribution is -2.06. The van der Waals surface area contributed by atoms with Crippen molar-refractivity contribution in [1.82, 2.24) is 9.55 Å². The fraction of sp³-hybridized carbons (Fsp3) is 0.105. The van der Waals surface area contributed by atoms with Gasteiger partial charge in [-0.25, -0.2) is 4.98 Å². The molecule has 0 spiro atoms. The van der Waals surface area contributed by atoms with Crippen molar-refractivity contribution in [2.75, 3.05) is 7.11 Å². The molecule has 1 aromatic heterocycles. The van der Waals surface area contributed by atoms with Crippen LogP contribution in [0.2, 0.25) is 0 Å². The van der Waals surface area contributed by atoms with Crippen LogP contribution in [-0.4, -0.2) is 16.7 Å². The van der Waals surface area contributed by atoms with Crippen LogP contribution in [0.15, 0.2) is 83.5 Å². The van der Waals surface area contributed by atoms with Crippen molar-refractivity contribution < 1.29 is 4.74 Å². The van der Waals surface area contributed by atoms with Gasteiger partial charge in [-0.2, -0.15) is 0 Å². The number of benzene rings is 2. The van der Waals surface area contributed by atoms with Crippen LogP contribution in [0.25, 0.3) is 5.57 Å². The van der Waals surface area contributed by atoms with Crippen LogP contribution in [0, 0.1) is 0 Å².